The second kappa shape index (κ2) is 5.14. The molecule has 0 saturated carbocycles. The second-order valence-corrected chi connectivity index (χ2v) is 5.18. The fraction of sp³-hybridized carbons (Fsp3) is 0.250. The molecule has 0 spiro atoms. The van der Waals surface area contributed by atoms with E-state index < -0.39 is 0 Å². The van der Waals surface area contributed by atoms with Crippen molar-refractivity contribution in [1.82, 2.24) is 0 Å². The fourth-order valence-corrected chi connectivity index (χ4v) is 2.48. The second-order valence-electron chi connectivity index (χ2n) is 4.74. The topological polar surface area (TPSA) is 21.3 Å². The molecule has 0 amide bonds. The Balaban J connectivity index is 1.84. The monoisotopic (exact) mass is 273 g/mol. The Morgan fingerprint density at radius 1 is 1.21 bits per heavy atom. The Kier molecular flexibility index (Phi) is 3.34. The van der Waals surface area contributed by atoms with Gasteiger partial charge >= 0.3 is 0 Å². The van der Waals surface area contributed by atoms with E-state index in [2.05, 4.69) is 36.5 Å². The molecule has 0 bridgehead atoms. The smallest absolute Gasteiger partial charge is 0.142 e. The Bertz CT molecular complexity index is 580. The van der Waals surface area contributed by atoms with E-state index in [1.54, 1.807) is 0 Å². The molecule has 3 rings (SSSR count). The number of rotatable bonds is 2. The largest absolute Gasteiger partial charge is 0.489 e. The number of halogens is 1. The average Bonchev–Trinajstić information content (AvgIpc) is 2.46. The summed E-state index contributed by atoms with van der Waals surface area (Å²) in [6.45, 7) is 2.80. The van der Waals surface area contributed by atoms with Gasteiger partial charge in [-0.2, -0.15) is 0 Å². The predicted molar refractivity (Wildman–Crippen MR) is 79.1 cm³/mol. The highest BCUT2D eigenvalue weighted by Crippen LogP contribution is 2.35. The quantitative estimate of drug-likeness (QED) is 0.873. The summed E-state index contributed by atoms with van der Waals surface area (Å²) in [6, 6.07) is 14.5. The van der Waals surface area contributed by atoms with E-state index in [0.717, 1.165) is 22.9 Å². The number of benzene rings is 2. The van der Waals surface area contributed by atoms with Crippen LogP contribution in [0, 0.1) is 0 Å². The van der Waals surface area contributed by atoms with Crippen molar-refractivity contribution >= 4 is 17.3 Å². The summed E-state index contributed by atoms with van der Waals surface area (Å²) < 4.78 is 5.78. The maximum absolute atomic E-state index is 6.01. The van der Waals surface area contributed by atoms with Crippen molar-refractivity contribution < 1.29 is 4.74 Å². The summed E-state index contributed by atoms with van der Waals surface area (Å²) in [4.78, 5) is 0. The van der Waals surface area contributed by atoms with Gasteiger partial charge in [-0.15, -0.1) is 0 Å². The maximum Gasteiger partial charge on any atom is 0.142 e. The van der Waals surface area contributed by atoms with Gasteiger partial charge in [0.25, 0.3) is 0 Å². The van der Waals surface area contributed by atoms with Crippen LogP contribution < -0.4 is 10.1 Å². The first-order chi connectivity index (χ1) is 9.26. The molecule has 1 heterocycles. The summed E-state index contributed by atoms with van der Waals surface area (Å²) in [7, 11) is 0. The van der Waals surface area contributed by atoms with Gasteiger partial charge in [-0.05, 0) is 35.7 Å². The van der Waals surface area contributed by atoms with E-state index in [1.807, 2.05) is 18.2 Å². The van der Waals surface area contributed by atoms with Crippen LogP contribution in [0.3, 0.4) is 0 Å². The van der Waals surface area contributed by atoms with Gasteiger partial charge < -0.3 is 10.1 Å². The maximum atomic E-state index is 6.01. The molecule has 2 aromatic rings. The zero-order chi connectivity index (χ0) is 13.2. The minimum atomic E-state index is 0.178. The molecule has 19 heavy (non-hydrogen) atoms. The van der Waals surface area contributed by atoms with Crippen LogP contribution in [-0.4, -0.2) is 6.61 Å². The summed E-state index contributed by atoms with van der Waals surface area (Å²) in [6.07, 6.45) is 1.06. The van der Waals surface area contributed by atoms with Crippen molar-refractivity contribution in [2.75, 3.05) is 11.9 Å². The molecule has 0 radical (unpaired) electrons. The molecule has 2 nitrogen and oxygen atoms in total. The van der Waals surface area contributed by atoms with E-state index in [1.165, 1.54) is 11.1 Å². The number of hydrogen-bond donors (Lipinski definition) is 1. The molecule has 3 heteroatoms. The normalized spacial score (nSPS) is 17.3. The van der Waals surface area contributed by atoms with Crippen LogP contribution in [0.2, 0.25) is 5.02 Å². The number of ether oxygens (including phenoxy) is 1. The molecular formula is C16H16ClNO. The Morgan fingerprint density at radius 2 is 2.00 bits per heavy atom. The first-order valence-corrected chi connectivity index (χ1v) is 6.92. The van der Waals surface area contributed by atoms with E-state index in [-0.39, 0.29) is 6.04 Å². The van der Waals surface area contributed by atoms with Crippen LogP contribution in [0.15, 0.2) is 42.5 Å². The summed E-state index contributed by atoms with van der Waals surface area (Å²) in [5, 5.41) is 4.20. The van der Waals surface area contributed by atoms with E-state index in [4.69, 9.17) is 16.3 Å². The SMILES string of the molecule is CCc1ccc([C@@H]2COc3ccc(Cl)cc3N2)cc1. The van der Waals surface area contributed by atoms with Crippen molar-refractivity contribution in [3.05, 3.63) is 58.6 Å². The molecule has 1 N–H and O–H groups in total. The Morgan fingerprint density at radius 3 is 2.74 bits per heavy atom. The predicted octanol–water partition coefficient (Wildman–Crippen LogP) is 4.45. The highest BCUT2D eigenvalue weighted by atomic mass is 35.5. The molecular weight excluding hydrogens is 258 g/mol. The Labute approximate surface area is 118 Å². The van der Waals surface area contributed by atoms with Crippen LogP contribution in [0.4, 0.5) is 5.69 Å². The lowest BCUT2D eigenvalue weighted by molar-refractivity contribution is 0.286. The van der Waals surface area contributed by atoms with Crippen molar-refractivity contribution in [3.63, 3.8) is 0 Å². The number of anilines is 1. The van der Waals surface area contributed by atoms with Crippen LogP contribution >= 0.6 is 11.6 Å². The highest BCUT2D eigenvalue weighted by molar-refractivity contribution is 6.30. The van der Waals surface area contributed by atoms with Crippen LogP contribution in [0.5, 0.6) is 5.75 Å². The van der Waals surface area contributed by atoms with Gasteiger partial charge in [-0.3, -0.25) is 0 Å². The van der Waals surface area contributed by atoms with Gasteiger partial charge in [0.2, 0.25) is 0 Å². The standard InChI is InChI=1S/C16H16ClNO/c1-2-11-3-5-12(6-4-11)15-10-19-16-8-7-13(17)9-14(16)18-15/h3-9,15,18H,2,10H2,1H3/t15-/m0/s1. The molecule has 2 aromatic carbocycles. The van der Waals surface area contributed by atoms with E-state index >= 15 is 0 Å². The van der Waals surface area contributed by atoms with E-state index in [9.17, 15) is 0 Å². The third-order valence-electron chi connectivity index (χ3n) is 3.47. The minimum absolute atomic E-state index is 0.178. The number of aryl methyl sites for hydroxylation is 1. The van der Waals surface area contributed by atoms with Crippen LogP contribution in [0.25, 0.3) is 0 Å². The van der Waals surface area contributed by atoms with Gasteiger partial charge in [0.1, 0.15) is 12.4 Å². The van der Waals surface area contributed by atoms with Gasteiger partial charge in [-0.25, -0.2) is 0 Å². The summed E-state index contributed by atoms with van der Waals surface area (Å²) in [5.41, 5.74) is 3.55. The van der Waals surface area contributed by atoms with Crippen LogP contribution in [0.1, 0.15) is 24.1 Å². The molecule has 98 valence electrons. The number of hydrogen-bond acceptors (Lipinski definition) is 2. The van der Waals surface area contributed by atoms with Gasteiger partial charge in [-0.1, -0.05) is 42.8 Å². The molecule has 1 aliphatic rings. The minimum Gasteiger partial charge on any atom is -0.489 e. The molecule has 1 aliphatic heterocycles. The van der Waals surface area contributed by atoms with Crippen molar-refractivity contribution in [2.24, 2.45) is 0 Å². The lowest BCUT2D eigenvalue weighted by Gasteiger charge is -2.28. The average molecular weight is 274 g/mol. The lowest BCUT2D eigenvalue weighted by Crippen LogP contribution is -2.23. The zero-order valence-electron chi connectivity index (χ0n) is 10.8. The van der Waals surface area contributed by atoms with Crippen molar-refractivity contribution in [1.29, 1.82) is 0 Å². The first kappa shape index (κ1) is 12.4. The third kappa shape index (κ3) is 2.54. The molecule has 0 unspecified atom stereocenters. The zero-order valence-corrected chi connectivity index (χ0v) is 11.6. The molecule has 0 saturated heterocycles. The summed E-state index contributed by atoms with van der Waals surface area (Å²) >= 11 is 6.01. The number of nitrogens with one attached hydrogen (secondary N) is 1. The lowest BCUT2D eigenvalue weighted by atomic mass is 10.0. The van der Waals surface area contributed by atoms with Gasteiger partial charge in [0.15, 0.2) is 0 Å². The van der Waals surface area contributed by atoms with Gasteiger partial charge in [0, 0.05) is 5.02 Å². The Hall–Kier alpha value is -1.67. The molecule has 1 atom stereocenters. The fourth-order valence-electron chi connectivity index (χ4n) is 2.31. The third-order valence-corrected chi connectivity index (χ3v) is 3.70. The number of fused-ring (bicyclic) bond motifs is 1. The van der Waals surface area contributed by atoms with Crippen LogP contribution in [-0.2, 0) is 6.42 Å². The molecule has 0 aliphatic carbocycles. The first-order valence-electron chi connectivity index (χ1n) is 6.54. The van der Waals surface area contributed by atoms with E-state index in [0.29, 0.717) is 6.61 Å². The molecule has 0 aromatic heterocycles. The van der Waals surface area contributed by atoms with Gasteiger partial charge in [0.05, 0.1) is 11.7 Å². The highest BCUT2D eigenvalue weighted by Gasteiger charge is 2.20. The molecule has 0 fully saturated rings. The summed E-state index contributed by atoms with van der Waals surface area (Å²) in [5.74, 6) is 0.867. The van der Waals surface area contributed by atoms with Crippen molar-refractivity contribution in [3.8, 4) is 5.75 Å². The van der Waals surface area contributed by atoms with Crippen molar-refractivity contribution in [2.45, 2.75) is 19.4 Å².